The normalized spacial score (nSPS) is 21.3. The minimum atomic E-state index is 0.401. The van der Waals surface area contributed by atoms with Crippen molar-refractivity contribution in [2.75, 3.05) is 0 Å². The largest absolute Gasteiger partial charge is 0.271 e. The summed E-state index contributed by atoms with van der Waals surface area (Å²) in [7, 11) is 2.00. The first-order valence-corrected chi connectivity index (χ1v) is 8.83. The Balaban J connectivity index is 1.85. The van der Waals surface area contributed by atoms with E-state index in [2.05, 4.69) is 52.2 Å². The lowest BCUT2D eigenvalue weighted by Crippen LogP contribution is -2.20. The van der Waals surface area contributed by atoms with Gasteiger partial charge in [-0.15, -0.1) is 0 Å². The number of hydrogen-bond donors (Lipinski definition) is 0. The van der Waals surface area contributed by atoms with Crippen molar-refractivity contribution in [2.45, 2.75) is 37.4 Å². The Bertz CT molecular complexity index is 650. The predicted molar refractivity (Wildman–Crippen MR) is 91.2 cm³/mol. The third kappa shape index (κ3) is 2.78. The molecule has 1 aliphatic carbocycles. The van der Waals surface area contributed by atoms with Crippen LogP contribution < -0.4 is 0 Å². The summed E-state index contributed by atoms with van der Waals surface area (Å²) in [4.78, 5) is 0.401. The molecule has 1 aliphatic rings. The summed E-state index contributed by atoms with van der Waals surface area (Å²) in [5, 5.41) is 5.39. The molecule has 1 aromatic carbocycles. The van der Waals surface area contributed by atoms with E-state index >= 15 is 0 Å². The second kappa shape index (κ2) is 6.13. The number of aromatic nitrogens is 2. The third-order valence-corrected chi connectivity index (χ3v) is 6.19. The summed E-state index contributed by atoms with van der Waals surface area (Å²) in [6.45, 7) is 2.10. The highest BCUT2D eigenvalue weighted by Gasteiger charge is 2.29. The van der Waals surface area contributed by atoms with Gasteiger partial charge in [-0.1, -0.05) is 58.7 Å². The molecule has 2 atom stereocenters. The molecule has 4 heteroatoms. The van der Waals surface area contributed by atoms with Crippen LogP contribution in [0.5, 0.6) is 0 Å². The van der Waals surface area contributed by atoms with Crippen molar-refractivity contribution in [3.63, 3.8) is 0 Å². The highest BCUT2D eigenvalue weighted by atomic mass is 79.9. The van der Waals surface area contributed by atoms with Crippen LogP contribution in [0.3, 0.4) is 0 Å². The van der Waals surface area contributed by atoms with Gasteiger partial charge in [0.1, 0.15) is 0 Å². The van der Waals surface area contributed by atoms with E-state index < -0.39 is 0 Å². The Kier molecular flexibility index (Phi) is 4.41. The molecular formula is C17H20BrClN2. The summed E-state index contributed by atoms with van der Waals surface area (Å²) < 4.78 is 1.96. The molecule has 0 saturated heterocycles. The molecule has 0 amide bonds. The zero-order chi connectivity index (χ0) is 15.0. The topological polar surface area (TPSA) is 17.8 Å². The predicted octanol–water partition coefficient (Wildman–Crippen LogP) is 4.88. The number of hydrogen-bond acceptors (Lipinski definition) is 1. The SMILES string of the molecule is CCc1nn(C)c(CC2CCc3ccccc3C2Br)c1Cl. The fraction of sp³-hybridized carbons (Fsp3) is 0.471. The first kappa shape index (κ1) is 15.1. The Morgan fingerprint density at radius 3 is 2.86 bits per heavy atom. The number of benzene rings is 1. The Morgan fingerprint density at radius 1 is 1.38 bits per heavy atom. The van der Waals surface area contributed by atoms with Gasteiger partial charge in [-0.05, 0) is 42.7 Å². The van der Waals surface area contributed by atoms with Crippen LogP contribution >= 0.6 is 27.5 Å². The summed E-state index contributed by atoms with van der Waals surface area (Å²) >= 11 is 10.4. The molecule has 0 saturated carbocycles. The lowest BCUT2D eigenvalue weighted by atomic mass is 9.81. The Morgan fingerprint density at radius 2 is 2.14 bits per heavy atom. The highest BCUT2D eigenvalue weighted by molar-refractivity contribution is 9.09. The van der Waals surface area contributed by atoms with Crippen molar-refractivity contribution in [2.24, 2.45) is 13.0 Å². The smallest absolute Gasteiger partial charge is 0.0849 e. The van der Waals surface area contributed by atoms with Crippen LogP contribution in [0.1, 0.15) is 40.7 Å². The molecule has 21 heavy (non-hydrogen) atoms. The van der Waals surface area contributed by atoms with Crippen LogP contribution in [0.15, 0.2) is 24.3 Å². The average molecular weight is 368 g/mol. The maximum atomic E-state index is 6.50. The standard InChI is InChI=1S/C17H20BrClN2/c1-3-14-17(19)15(21(2)20-14)10-12-9-8-11-6-4-5-7-13(11)16(12)18/h4-7,12,16H,3,8-10H2,1-2H3. The molecule has 0 radical (unpaired) electrons. The quantitative estimate of drug-likeness (QED) is 0.707. The van der Waals surface area contributed by atoms with Crippen LogP contribution in [-0.2, 0) is 26.3 Å². The molecule has 0 bridgehead atoms. The molecule has 112 valence electrons. The minimum absolute atomic E-state index is 0.401. The van der Waals surface area contributed by atoms with Crippen LogP contribution in [0, 0.1) is 5.92 Å². The second-order valence-electron chi connectivity index (χ2n) is 5.79. The first-order valence-electron chi connectivity index (χ1n) is 7.54. The Labute approximate surface area is 139 Å². The van der Waals surface area contributed by atoms with Crippen molar-refractivity contribution in [3.8, 4) is 0 Å². The van der Waals surface area contributed by atoms with E-state index in [1.165, 1.54) is 23.2 Å². The summed E-state index contributed by atoms with van der Waals surface area (Å²) in [6, 6.07) is 8.74. The molecule has 2 aromatic rings. The van der Waals surface area contributed by atoms with Gasteiger partial charge in [-0.25, -0.2) is 0 Å². The molecule has 1 aromatic heterocycles. The monoisotopic (exact) mass is 366 g/mol. The van der Waals surface area contributed by atoms with Gasteiger partial charge in [-0.3, -0.25) is 4.68 Å². The van der Waals surface area contributed by atoms with Crippen molar-refractivity contribution >= 4 is 27.5 Å². The minimum Gasteiger partial charge on any atom is -0.271 e. The van der Waals surface area contributed by atoms with Gasteiger partial charge in [0.2, 0.25) is 0 Å². The second-order valence-corrected chi connectivity index (χ2v) is 7.15. The van der Waals surface area contributed by atoms with E-state index in [-0.39, 0.29) is 0 Å². The van der Waals surface area contributed by atoms with Crippen molar-refractivity contribution in [1.82, 2.24) is 9.78 Å². The molecule has 3 rings (SSSR count). The molecule has 0 N–H and O–H groups in total. The fourth-order valence-electron chi connectivity index (χ4n) is 3.27. The molecule has 2 unspecified atom stereocenters. The van der Waals surface area contributed by atoms with E-state index in [0.29, 0.717) is 10.7 Å². The number of alkyl halides is 1. The van der Waals surface area contributed by atoms with Gasteiger partial charge < -0.3 is 0 Å². The van der Waals surface area contributed by atoms with Crippen LogP contribution in [0.25, 0.3) is 0 Å². The number of fused-ring (bicyclic) bond motifs is 1. The summed E-state index contributed by atoms with van der Waals surface area (Å²) in [6.07, 6.45) is 4.21. The molecule has 2 nitrogen and oxygen atoms in total. The van der Waals surface area contributed by atoms with Crippen molar-refractivity contribution < 1.29 is 0 Å². The number of aryl methyl sites for hydroxylation is 3. The van der Waals surface area contributed by atoms with Crippen molar-refractivity contribution in [1.29, 1.82) is 0 Å². The maximum Gasteiger partial charge on any atom is 0.0849 e. The molecular weight excluding hydrogens is 348 g/mol. The van der Waals surface area contributed by atoms with E-state index in [4.69, 9.17) is 11.6 Å². The zero-order valence-electron chi connectivity index (χ0n) is 12.4. The fourth-order valence-corrected chi connectivity index (χ4v) is 4.54. The molecule has 1 heterocycles. The van der Waals surface area contributed by atoms with E-state index in [1.54, 1.807) is 0 Å². The summed E-state index contributed by atoms with van der Waals surface area (Å²) in [5.41, 5.74) is 5.09. The Hall–Kier alpha value is -0.800. The molecule has 0 fully saturated rings. The highest BCUT2D eigenvalue weighted by Crippen LogP contribution is 2.42. The van der Waals surface area contributed by atoms with Crippen molar-refractivity contribution in [3.05, 3.63) is 51.8 Å². The van der Waals surface area contributed by atoms with Gasteiger partial charge in [0, 0.05) is 11.9 Å². The lowest BCUT2D eigenvalue weighted by Gasteiger charge is -2.30. The summed E-state index contributed by atoms with van der Waals surface area (Å²) in [5.74, 6) is 0.567. The number of nitrogens with zero attached hydrogens (tertiary/aromatic N) is 2. The third-order valence-electron chi connectivity index (χ3n) is 4.51. The average Bonchev–Trinajstić information content (AvgIpc) is 2.77. The van der Waals surface area contributed by atoms with Gasteiger partial charge >= 0.3 is 0 Å². The van der Waals surface area contributed by atoms with E-state index in [0.717, 1.165) is 30.0 Å². The van der Waals surface area contributed by atoms with E-state index in [9.17, 15) is 0 Å². The number of rotatable bonds is 3. The zero-order valence-corrected chi connectivity index (χ0v) is 14.8. The van der Waals surface area contributed by atoms with Crippen LogP contribution in [0.2, 0.25) is 5.02 Å². The van der Waals surface area contributed by atoms with Gasteiger partial charge in [-0.2, -0.15) is 5.10 Å². The number of halogens is 2. The molecule has 0 spiro atoms. The maximum absolute atomic E-state index is 6.50. The van der Waals surface area contributed by atoms with Crippen LogP contribution in [-0.4, -0.2) is 9.78 Å². The first-order chi connectivity index (χ1) is 10.1. The molecule has 0 aliphatic heterocycles. The van der Waals surface area contributed by atoms with Gasteiger partial charge in [0.05, 0.1) is 16.4 Å². The van der Waals surface area contributed by atoms with Gasteiger partial charge in [0.25, 0.3) is 0 Å². The van der Waals surface area contributed by atoms with Gasteiger partial charge in [0.15, 0.2) is 0 Å². The van der Waals surface area contributed by atoms with Crippen LogP contribution in [0.4, 0.5) is 0 Å². The van der Waals surface area contributed by atoms with E-state index in [1.807, 2.05) is 11.7 Å². The lowest BCUT2D eigenvalue weighted by molar-refractivity contribution is 0.440.